The van der Waals surface area contributed by atoms with Crippen LogP contribution >= 0.6 is 0 Å². The van der Waals surface area contributed by atoms with E-state index >= 15 is 0 Å². The Labute approximate surface area is 164 Å². The maximum absolute atomic E-state index is 12.6. The van der Waals surface area contributed by atoms with Gasteiger partial charge in [0, 0.05) is 18.3 Å². The van der Waals surface area contributed by atoms with E-state index in [4.69, 9.17) is 9.47 Å². The van der Waals surface area contributed by atoms with Crippen LogP contribution in [0.4, 0.5) is 5.69 Å². The lowest BCUT2D eigenvalue weighted by Crippen LogP contribution is -2.33. The van der Waals surface area contributed by atoms with E-state index in [0.717, 1.165) is 0 Å². The molecule has 28 heavy (non-hydrogen) atoms. The lowest BCUT2D eigenvalue weighted by Gasteiger charge is -2.16. The molecule has 0 bridgehead atoms. The van der Waals surface area contributed by atoms with Gasteiger partial charge in [0.15, 0.2) is 0 Å². The number of ether oxygens (including phenoxy) is 2. The molecule has 0 aromatic heterocycles. The Bertz CT molecular complexity index is 941. The molecule has 8 nitrogen and oxygen atoms in total. The van der Waals surface area contributed by atoms with Crippen molar-refractivity contribution >= 4 is 27.6 Å². The molecule has 2 rings (SSSR count). The second-order valence-electron chi connectivity index (χ2n) is 5.83. The molecular weight excluding hydrogens is 384 g/mol. The molecule has 0 aliphatic heterocycles. The van der Waals surface area contributed by atoms with Crippen LogP contribution in [0.15, 0.2) is 53.4 Å². The Kier molecular flexibility index (Phi) is 7.00. The van der Waals surface area contributed by atoms with Crippen LogP contribution in [0.2, 0.25) is 0 Å². The van der Waals surface area contributed by atoms with Gasteiger partial charge >= 0.3 is 5.97 Å². The average Bonchev–Trinajstić information content (AvgIpc) is 2.68. The monoisotopic (exact) mass is 406 g/mol. The van der Waals surface area contributed by atoms with E-state index < -0.39 is 21.9 Å². The Hall–Kier alpha value is -3.07. The van der Waals surface area contributed by atoms with Gasteiger partial charge in [0.1, 0.15) is 12.3 Å². The minimum atomic E-state index is -3.90. The minimum absolute atomic E-state index is 0.0706. The summed E-state index contributed by atoms with van der Waals surface area (Å²) >= 11 is 0. The predicted molar refractivity (Wildman–Crippen MR) is 104 cm³/mol. The number of esters is 1. The number of carbonyl (C=O) groups is 2. The van der Waals surface area contributed by atoms with Crippen LogP contribution in [0.1, 0.15) is 17.3 Å². The van der Waals surface area contributed by atoms with Crippen molar-refractivity contribution < 1.29 is 27.5 Å². The predicted octanol–water partition coefficient (Wildman–Crippen LogP) is 2.13. The van der Waals surface area contributed by atoms with Gasteiger partial charge in [0.05, 0.1) is 18.6 Å². The lowest BCUT2D eigenvalue weighted by atomic mass is 10.2. The fourth-order valence-electron chi connectivity index (χ4n) is 2.36. The summed E-state index contributed by atoms with van der Waals surface area (Å²) in [7, 11) is -0.944. The van der Waals surface area contributed by atoms with Crippen molar-refractivity contribution in [3.8, 4) is 5.75 Å². The molecule has 1 amide bonds. The van der Waals surface area contributed by atoms with Crippen LogP contribution < -0.4 is 9.46 Å². The van der Waals surface area contributed by atoms with E-state index in [9.17, 15) is 18.0 Å². The largest absolute Gasteiger partial charge is 0.497 e. The number of benzene rings is 2. The van der Waals surface area contributed by atoms with Gasteiger partial charge < -0.3 is 14.4 Å². The van der Waals surface area contributed by atoms with Crippen molar-refractivity contribution in [1.82, 2.24) is 4.90 Å². The highest BCUT2D eigenvalue weighted by molar-refractivity contribution is 7.92. The Morgan fingerprint density at radius 3 is 2.39 bits per heavy atom. The van der Waals surface area contributed by atoms with Crippen molar-refractivity contribution in [1.29, 1.82) is 0 Å². The molecule has 0 spiro atoms. The number of hydrogen-bond donors (Lipinski definition) is 1. The fraction of sp³-hybridized carbons (Fsp3) is 0.263. The molecule has 2 aromatic rings. The van der Waals surface area contributed by atoms with E-state index in [1.165, 1.54) is 43.3 Å². The van der Waals surface area contributed by atoms with Gasteiger partial charge in [-0.2, -0.15) is 0 Å². The normalized spacial score (nSPS) is 10.8. The first-order valence-electron chi connectivity index (χ1n) is 8.45. The van der Waals surface area contributed by atoms with Gasteiger partial charge in [-0.1, -0.05) is 6.07 Å². The van der Waals surface area contributed by atoms with E-state index in [2.05, 4.69) is 4.72 Å². The van der Waals surface area contributed by atoms with Crippen LogP contribution in [-0.4, -0.2) is 52.5 Å². The summed E-state index contributed by atoms with van der Waals surface area (Å²) in [5, 5.41) is 0. The Balaban J connectivity index is 2.18. The number of carbonyl (C=O) groups excluding carboxylic acids is 2. The molecule has 0 radical (unpaired) electrons. The molecule has 0 aliphatic carbocycles. The minimum Gasteiger partial charge on any atom is -0.497 e. The number of rotatable bonds is 8. The molecule has 0 saturated heterocycles. The Morgan fingerprint density at radius 2 is 1.79 bits per heavy atom. The molecule has 0 atom stereocenters. The highest BCUT2D eigenvalue weighted by Crippen LogP contribution is 2.20. The summed E-state index contributed by atoms with van der Waals surface area (Å²) in [6, 6.07) is 12.0. The first-order chi connectivity index (χ1) is 13.3. The van der Waals surface area contributed by atoms with Gasteiger partial charge in [0.2, 0.25) is 0 Å². The highest BCUT2D eigenvalue weighted by Gasteiger charge is 2.20. The van der Waals surface area contributed by atoms with Crippen molar-refractivity contribution in [3.05, 3.63) is 54.1 Å². The standard InChI is InChI=1S/C19H22N2O6S/c1-4-27-18(22)13-21(2)19(23)14-6-5-7-17(12-14)28(24,25)20-15-8-10-16(26-3)11-9-15/h5-12,20H,4,13H2,1-3H3. The van der Waals surface area contributed by atoms with Gasteiger partial charge in [0.25, 0.3) is 15.9 Å². The average molecular weight is 406 g/mol. The lowest BCUT2D eigenvalue weighted by molar-refractivity contribution is -0.143. The summed E-state index contributed by atoms with van der Waals surface area (Å²) in [5.74, 6) is -0.432. The summed E-state index contributed by atoms with van der Waals surface area (Å²) in [6.45, 7) is 1.66. The number of methoxy groups -OCH3 is 1. The second kappa shape index (κ2) is 9.23. The zero-order chi connectivity index (χ0) is 20.7. The summed E-state index contributed by atoms with van der Waals surface area (Å²) < 4.78 is 37.5. The SMILES string of the molecule is CCOC(=O)CN(C)C(=O)c1cccc(S(=O)(=O)Nc2ccc(OC)cc2)c1. The van der Waals surface area contributed by atoms with Gasteiger partial charge in [-0.15, -0.1) is 0 Å². The zero-order valence-corrected chi connectivity index (χ0v) is 16.7. The summed E-state index contributed by atoms with van der Waals surface area (Å²) in [6.07, 6.45) is 0. The van der Waals surface area contributed by atoms with E-state index in [0.29, 0.717) is 11.4 Å². The third-order valence-corrected chi connectivity index (χ3v) is 5.13. The molecule has 2 aromatic carbocycles. The third kappa shape index (κ3) is 5.46. The summed E-state index contributed by atoms with van der Waals surface area (Å²) in [4.78, 5) is 25.1. The van der Waals surface area contributed by atoms with Gasteiger partial charge in [-0.05, 0) is 49.4 Å². The number of amides is 1. The van der Waals surface area contributed by atoms with Crippen molar-refractivity contribution in [3.63, 3.8) is 0 Å². The quantitative estimate of drug-likeness (QED) is 0.674. The van der Waals surface area contributed by atoms with Crippen LogP contribution in [-0.2, 0) is 19.6 Å². The van der Waals surface area contributed by atoms with Crippen molar-refractivity contribution in [2.45, 2.75) is 11.8 Å². The van der Waals surface area contributed by atoms with E-state index in [1.807, 2.05) is 0 Å². The van der Waals surface area contributed by atoms with E-state index in [1.54, 1.807) is 31.2 Å². The van der Waals surface area contributed by atoms with Gasteiger partial charge in [-0.25, -0.2) is 8.42 Å². The molecule has 0 fully saturated rings. The van der Waals surface area contributed by atoms with E-state index in [-0.39, 0.29) is 23.6 Å². The fourth-order valence-corrected chi connectivity index (χ4v) is 3.47. The maximum Gasteiger partial charge on any atom is 0.325 e. The number of nitrogens with zero attached hydrogens (tertiary/aromatic N) is 1. The molecule has 150 valence electrons. The third-order valence-electron chi connectivity index (χ3n) is 3.75. The first kappa shape index (κ1) is 21.2. The number of anilines is 1. The molecule has 0 saturated carbocycles. The highest BCUT2D eigenvalue weighted by atomic mass is 32.2. The number of hydrogen-bond acceptors (Lipinski definition) is 6. The number of sulfonamides is 1. The number of likely N-dealkylation sites (N-methyl/N-ethyl adjacent to an activating group) is 1. The molecular formula is C19H22N2O6S. The Morgan fingerprint density at radius 1 is 1.11 bits per heavy atom. The van der Waals surface area contributed by atoms with Crippen molar-refractivity contribution in [2.24, 2.45) is 0 Å². The topological polar surface area (TPSA) is 102 Å². The molecule has 1 N–H and O–H groups in total. The zero-order valence-electron chi connectivity index (χ0n) is 15.8. The smallest absolute Gasteiger partial charge is 0.325 e. The molecule has 0 heterocycles. The second-order valence-corrected chi connectivity index (χ2v) is 7.51. The van der Waals surface area contributed by atoms with Crippen LogP contribution in [0, 0.1) is 0 Å². The van der Waals surface area contributed by atoms with Crippen LogP contribution in [0.25, 0.3) is 0 Å². The van der Waals surface area contributed by atoms with Crippen LogP contribution in [0.3, 0.4) is 0 Å². The molecule has 0 unspecified atom stereocenters. The van der Waals surface area contributed by atoms with Crippen molar-refractivity contribution in [2.75, 3.05) is 32.0 Å². The first-order valence-corrected chi connectivity index (χ1v) is 9.93. The van der Waals surface area contributed by atoms with Crippen LogP contribution in [0.5, 0.6) is 5.75 Å². The number of nitrogens with one attached hydrogen (secondary N) is 1. The summed E-state index contributed by atoms with van der Waals surface area (Å²) in [5.41, 5.74) is 0.501. The molecule has 0 aliphatic rings. The molecule has 9 heteroatoms. The maximum atomic E-state index is 12.6. The van der Waals surface area contributed by atoms with Gasteiger partial charge in [-0.3, -0.25) is 14.3 Å².